The van der Waals surface area contributed by atoms with E-state index in [1.54, 1.807) is 19.2 Å². The number of aromatic nitrogens is 1. The van der Waals surface area contributed by atoms with Crippen LogP contribution in [-0.2, 0) is 6.18 Å². The van der Waals surface area contributed by atoms with E-state index in [4.69, 9.17) is 0 Å². The lowest BCUT2D eigenvalue weighted by molar-refractivity contribution is -0.137. The largest absolute Gasteiger partial charge is 0.416 e. The Balaban J connectivity index is 2.53. The van der Waals surface area contributed by atoms with E-state index in [2.05, 4.69) is 4.98 Å². The molecule has 0 spiro atoms. The second kappa shape index (κ2) is 4.44. The molecule has 1 heterocycles. The van der Waals surface area contributed by atoms with Crippen molar-refractivity contribution in [1.29, 1.82) is 0 Å². The van der Waals surface area contributed by atoms with Crippen molar-refractivity contribution in [1.82, 2.24) is 4.98 Å². The maximum Gasteiger partial charge on any atom is 0.416 e. The van der Waals surface area contributed by atoms with Crippen LogP contribution in [0.25, 0.3) is 11.3 Å². The van der Waals surface area contributed by atoms with Crippen LogP contribution in [0.1, 0.15) is 16.7 Å². The fourth-order valence-corrected chi connectivity index (χ4v) is 1.70. The summed E-state index contributed by atoms with van der Waals surface area (Å²) in [7, 11) is 0. The Morgan fingerprint density at radius 2 is 1.72 bits per heavy atom. The van der Waals surface area contributed by atoms with Gasteiger partial charge in [-0.2, -0.15) is 13.2 Å². The van der Waals surface area contributed by atoms with E-state index >= 15 is 0 Å². The standard InChI is InChI=1S/C14H12F3N/c1-9-3-6-13(18-8-9)12-7-11(14(15,16)17)5-4-10(12)2/h3-8H,1-2H3. The van der Waals surface area contributed by atoms with Gasteiger partial charge in [-0.05, 0) is 43.2 Å². The maximum absolute atomic E-state index is 12.7. The number of benzene rings is 1. The van der Waals surface area contributed by atoms with Crippen LogP contribution in [0.2, 0.25) is 0 Å². The smallest absolute Gasteiger partial charge is 0.256 e. The molecule has 0 N–H and O–H groups in total. The molecule has 0 aliphatic carbocycles. The van der Waals surface area contributed by atoms with Crippen LogP contribution in [0.4, 0.5) is 13.2 Å². The number of rotatable bonds is 1. The molecule has 18 heavy (non-hydrogen) atoms. The number of hydrogen-bond donors (Lipinski definition) is 0. The van der Waals surface area contributed by atoms with Crippen molar-refractivity contribution < 1.29 is 13.2 Å². The molecule has 2 aromatic rings. The summed E-state index contributed by atoms with van der Waals surface area (Å²) in [5.74, 6) is 0. The zero-order valence-corrected chi connectivity index (χ0v) is 10.0. The Labute approximate surface area is 103 Å². The van der Waals surface area contributed by atoms with Crippen LogP contribution in [0, 0.1) is 13.8 Å². The molecular weight excluding hydrogens is 239 g/mol. The second-order valence-corrected chi connectivity index (χ2v) is 4.25. The third-order valence-electron chi connectivity index (χ3n) is 2.75. The summed E-state index contributed by atoms with van der Waals surface area (Å²) in [6.45, 7) is 3.66. The van der Waals surface area contributed by atoms with E-state index in [9.17, 15) is 13.2 Å². The number of pyridine rings is 1. The van der Waals surface area contributed by atoms with Gasteiger partial charge in [0.15, 0.2) is 0 Å². The molecule has 1 aromatic carbocycles. The van der Waals surface area contributed by atoms with Crippen molar-refractivity contribution in [2.75, 3.05) is 0 Å². The lowest BCUT2D eigenvalue weighted by atomic mass is 10.0. The molecule has 94 valence electrons. The second-order valence-electron chi connectivity index (χ2n) is 4.25. The molecule has 1 nitrogen and oxygen atoms in total. The van der Waals surface area contributed by atoms with Gasteiger partial charge in [0.2, 0.25) is 0 Å². The predicted octanol–water partition coefficient (Wildman–Crippen LogP) is 4.38. The average Bonchev–Trinajstić information content (AvgIpc) is 2.29. The van der Waals surface area contributed by atoms with Crippen LogP contribution >= 0.6 is 0 Å². The van der Waals surface area contributed by atoms with Gasteiger partial charge < -0.3 is 0 Å². The molecule has 0 bridgehead atoms. The van der Waals surface area contributed by atoms with E-state index < -0.39 is 11.7 Å². The first-order chi connectivity index (χ1) is 8.38. The molecule has 0 saturated heterocycles. The van der Waals surface area contributed by atoms with E-state index in [0.29, 0.717) is 11.3 Å². The van der Waals surface area contributed by atoms with Crippen LogP contribution in [0.5, 0.6) is 0 Å². The van der Waals surface area contributed by atoms with Crippen LogP contribution in [-0.4, -0.2) is 4.98 Å². The molecule has 0 radical (unpaired) electrons. The highest BCUT2D eigenvalue weighted by Crippen LogP contribution is 2.33. The Morgan fingerprint density at radius 1 is 1.00 bits per heavy atom. The fourth-order valence-electron chi connectivity index (χ4n) is 1.70. The lowest BCUT2D eigenvalue weighted by Crippen LogP contribution is -2.05. The van der Waals surface area contributed by atoms with Gasteiger partial charge in [-0.15, -0.1) is 0 Å². The Kier molecular flexibility index (Phi) is 3.11. The monoisotopic (exact) mass is 251 g/mol. The predicted molar refractivity (Wildman–Crippen MR) is 64.1 cm³/mol. The first kappa shape index (κ1) is 12.6. The zero-order valence-electron chi connectivity index (χ0n) is 10.0. The number of hydrogen-bond acceptors (Lipinski definition) is 1. The van der Waals surface area contributed by atoms with E-state index in [-0.39, 0.29) is 0 Å². The molecule has 0 aliphatic heterocycles. The van der Waals surface area contributed by atoms with E-state index in [0.717, 1.165) is 23.3 Å². The number of nitrogens with zero attached hydrogens (tertiary/aromatic N) is 1. The zero-order chi connectivity index (χ0) is 13.3. The summed E-state index contributed by atoms with van der Waals surface area (Å²) in [4.78, 5) is 4.17. The van der Waals surface area contributed by atoms with Gasteiger partial charge in [-0.1, -0.05) is 12.1 Å². The first-order valence-corrected chi connectivity index (χ1v) is 5.49. The molecule has 4 heteroatoms. The van der Waals surface area contributed by atoms with Crippen molar-refractivity contribution in [3.8, 4) is 11.3 Å². The average molecular weight is 251 g/mol. The Morgan fingerprint density at radius 3 is 2.28 bits per heavy atom. The van der Waals surface area contributed by atoms with Gasteiger partial charge in [0.05, 0.1) is 11.3 Å². The van der Waals surface area contributed by atoms with Crippen molar-refractivity contribution in [2.45, 2.75) is 20.0 Å². The third-order valence-corrected chi connectivity index (χ3v) is 2.75. The van der Waals surface area contributed by atoms with Gasteiger partial charge in [0.1, 0.15) is 0 Å². The van der Waals surface area contributed by atoms with Crippen LogP contribution < -0.4 is 0 Å². The number of halogens is 3. The number of alkyl halides is 3. The maximum atomic E-state index is 12.7. The number of aryl methyl sites for hydroxylation is 2. The topological polar surface area (TPSA) is 12.9 Å². The van der Waals surface area contributed by atoms with Gasteiger partial charge in [-0.3, -0.25) is 4.98 Å². The lowest BCUT2D eigenvalue weighted by Gasteiger charge is -2.11. The molecule has 2 rings (SSSR count). The summed E-state index contributed by atoms with van der Waals surface area (Å²) in [6, 6.07) is 7.28. The third kappa shape index (κ3) is 2.53. The minimum Gasteiger partial charge on any atom is -0.256 e. The summed E-state index contributed by atoms with van der Waals surface area (Å²) >= 11 is 0. The summed E-state index contributed by atoms with van der Waals surface area (Å²) in [5, 5.41) is 0. The molecule has 0 fully saturated rings. The molecule has 0 saturated carbocycles. The molecule has 0 atom stereocenters. The van der Waals surface area contributed by atoms with Gasteiger partial charge in [0, 0.05) is 11.8 Å². The van der Waals surface area contributed by atoms with Crippen molar-refractivity contribution in [2.24, 2.45) is 0 Å². The summed E-state index contributed by atoms with van der Waals surface area (Å²) in [5.41, 5.74) is 2.18. The van der Waals surface area contributed by atoms with Crippen LogP contribution in [0.15, 0.2) is 36.5 Å². The molecule has 1 aromatic heterocycles. The Bertz CT molecular complexity index is 556. The summed E-state index contributed by atoms with van der Waals surface area (Å²) < 4.78 is 38.0. The van der Waals surface area contributed by atoms with Gasteiger partial charge in [0.25, 0.3) is 0 Å². The highest BCUT2D eigenvalue weighted by atomic mass is 19.4. The minimum atomic E-state index is -4.33. The quantitative estimate of drug-likeness (QED) is 0.732. The fraction of sp³-hybridized carbons (Fsp3) is 0.214. The Hall–Kier alpha value is -1.84. The summed E-state index contributed by atoms with van der Waals surface area (Å²) in [6.07, 6.45) is -2.68. The highest BCUT2D eigenvalue weighted by Gasteiger charge is 2.30. The van der Waals surface area contributed by atoms with Crippen molar-refractivity contribution in [3.63, 3.8) is 0 Å². The molecule has 0 aliphatic rings. The van der Waals surface area contributed by atoms with Gasteiger partial charge >= 0.3 is 6.18 Å². The van der Waals surface area contributed by atoms with Gasteiger partial charge in [-0.25, -0.2) is 0 Å². The first-order valence-electron chi connectivity index (χ1n) is 5.49. The van der Waals surface area contributed by atoms with E-state index in [1.807, 2.05) is 13.0 Å². The SMILES string of the molecule is Cc1ccc(-c2cc(C(F)(F)F)ccc2C)nc1. The normalized spacial score (nSPS) is 11.6. The molecule has 0 unspecified atom stereocenters. The van der Waals surface area contributed by atoms with E-state index in [1.165, 1.54) is 6.07 Å². The molecule has 0 amide bonds. The van der Waals surface area contributed by atoms with Crippen molar-refractivity contribution >= 4 is 0 Å². The van der Waals surface area contributed by atoms with Crippen LogP contribution in [0.3, 0.4) is 0 Å². The molecular formula is C14H12F3N. The minimum absolute atomic E-state index is 0.518. The highest BCUT2D eigenvalue weighted by molar-refractivity contribution is 5.64. The van der Waals surface area contributed by atoms with Crippen molar-refractivity contribution in [3.05, 3.63) is 53.2 Å².